The molecule has 15 heteroatoms. The second-order valence-corrected chi connectivity index (χ2v) is 16.9. The molecule has 4 heterocycles. The number of aromatic nitrogens is 2. The Morgan fingerprint density at radius 1 is 0.982 bits per heavy atom. The van der Waals surface area contributed by atoms with Crippen LogP contribution in [0.25, 0.3) is 20.7 Å². The lowest BCUT2D eigenvalue weighted by molar-refractivity contribution is -0.274. The highest BCUT2D eigenvalue weighted by Crippen LogP contribution is 2.64. The van der Waals surface area contributed by atoms with Crippen molar-refractivity contribution in [3.63, 3.8) is 0 Å². The quantitative estimate of drug-likeness (QED) is 0.135. The number of aromatic hydroxyl groups is 1. The summed E-state index contributed by atoms with van der Waals surface area (Å²) in [6.45, 7) is 3.58. The van der Waals surface area contributed by atoms with Crippen LogP contribution in [-0.4, -0.2) is 49.8 Å². The summed E-state index contributed by atoms with van der Waals surface area (Å²) in [5.41, 5.74) is 0.979. The number of rotatable bonds is 6. The summed E-state index contributed by atoms with van der Waals surface area (Å²) in [5, 5.41) is 17.6. The molecule has 1 N–H and O–H groups in total. The topological polar surface area (TPSA) is 122 Å². The van der Waals surface area contributed by atoms with Gasteiger partial charge in [0.1, 0.15) is 23.0 Å². The number of hydrogen-bond acceptors (Lipinski definition) is 8. The second-order valence-electron chi connectivity index (χ2n) is 15.4. The molecule has 0 spiro atoms. The van der Waals surface area contributed by atoms with Gasteiger partial charge >= 0.3 is 6.36 Å². The molecular weight excluding hydrogens is 781 g/mol. The fourth-order valence-corrected chi connectivity index (χ4v) is 11.1. The maximum absolute atomic E-state index is 15.1. The molecule has 3 aromatic carbocycles. The van der Waals surface area contributed by atoms with E-state index in [1.165, 1.54) is 20.9 Å². The number of carbonyl (C=O) groups is 4. The van der Waals surface area contributed by atoms with Crippen LogP contribution in [0.4, 0.5) is 19.0 Å². The molecule has 3 fully saturated rings. The van der Waals surface area contributed by atoms with Crippen molar-refractivity contribution in [2.75, 3.05) is 4.90 Å². The zero-order chi connectivity index (χ0) is 40.3. The van der Waals surface area contributed by atoms with E-state index in [4.69, 9.17) is 16.7 Å². The van der Waals surface area contributed by atoms with Crippen LogP contribution in [0.5, 0.6) is 11.5 Å². The molecule has 0 bridgehead atoms. The van der Waals surface area contributed by atoms with Crippen molar-refractivity contribution >= 4 is 62.5 Å². The number of nitrogens with zero attached hydrogens (tertiary/aromatic N) is 4. The first kappa shape index (κ1) is 37.1. The summed E-state index contributed by atoms with van der Waals surface area (Å²) in [4.78, 5) is 61.3. The molecule has 10 nitrogen and oxygen atoms in total. The number of ether oxygens (including phenoxy) is 1. The van der Waals surface area contributed by atoms with Gasteiger partial charge in [-0.25, -0.2) is 4.90 Å². The van der Waals surface area contributed by atoms with Crippen LogP contribution in [-0.2, 0) is 32.8 Å². The number of amides is 4. The van der Waals surface area contributed by atoms with E-state index in [0.717, 1.165) is 49.2 Å². The van der Waals surface area contributed by atoms with Crippen molar-refractivity contribution in [2.24, 2.45) is 36.1 Å². The van der Waals surface area contributed by atoms with Gasteiger partial charge in [0.2, 0.25) is 23.6 Å². The van der Waals surface area contributed by atoms with Gasteiger partial charge in [-0.15, -0.1) is 24.5 Å². The lowest BCUT2D eigenvalue weighted by atomic mass is 9.51. The molecule has 6 atom stereocenters. The largest absolute Gasteiger partial charge is 0.573 e. The fraction of sp³-hybridized carbons (Fsp3) is 0.310. The highest BCUT2D eigenvalue weighted by molar-refractivity contribution is 7.22. The highest BCUT2D eigenvalue weighted by atomic mass is 35.5. The highest BCUT2D eigenvalue weighted by Gasteiger charge is 2.68. The molecule has 0 radical (unpaired) electrons. The lowest BCUT2D eigenvalue weighted by Crippen LogP contribution is -2.49. The molecule has 4 amide bonds. The predicted octanol–water partition coefficient (Wildman–Crippen LogP) is 8.30. The summed E-state index contributed by atoms with van der Waals surface area (Å²) < 4.78 is 47.2. The van der Waals surface area contributed by atoms with Crippen molar-refractivity contribution in [1.82, 2.24) is 14.7 Å². The number of benzene rings is 3. The minimum atomic E-state index is -5.06. The SMILES string of the molecule is Cc1c(-c2cc(N3C(=O)C4CC5C(=CCC6C(=O)N(Cc7ccccc7)C(=O)C65)C(c5cc(OC(F)(F)F)ccc5O)C4(C)C3=O)n(C)n2)sc2ccc(Cl)cc12. The van der Waals surface area contributed by atoms with Crippen molar-refractivity contribution in [2.45, 2.75) is 45.5 Å². The maximum Gasteiger partial charge on any atom is 0.573 e. The molecule has 292 valence electrons. The third-order valence-corrected chi connectivity index (χ3v) is 13.8. The van der Waals surface area contributed by atoms with Crippen LogP contribution in [0.15, 0.2) is 84.4 Å². The Bertz CT molecular complexity index is 2590. The maximum atomic E-state index is 15.1. The number of carbonyl (C=O) groups excluding carboxylic acids is 4. The number of fused-ring (bicyclic) bond motifs is 5. The molecule has 9 rings (SSSR count). The Kier molecular flexibility index (Phi) is 8.49. The monoisotopic (exact) mass is 814 g/mol. The fourth-order valence-electron chi connectivity index (χ4n) is 9.74. The predicted molar refractivity (Wildman–Crippen MR) is 205 cm³/mol. The van der Waals surface area contributed by atoms with Crippen molar-refractivity contribution in [1.29, 1.82) is 0 Å². The molecule has 2 aliphatic carbocycles. The van der Waals surface area contributed by atoms with Crippen LogP contribution < -0.4 is 9.64 Å². The normalized spacial score (nSPS) is 25.9. The van der Waals surface area contributed by atoms with Gasteiger partial charge in [0.15, 0.2) is 0 Å². The lowest BCUT2D eigenvalue weighted by Gasteiger charge is -2.49. The molecule has 5 aromatic rings. The number of imide groups is 2. The molecule has 57 heavy (non-hydrogen) atoms. The smallest absolute Gasteiger partial charge is 0.508 e. The number of phenolic OH excluding ortho intramolecular Hbond substituents is 1. The molecular formula is C42H34ClF3N4O6S. The van der Waals surface area contributed by atoms with E-state index in [2.05, 4.69) is 4.74 Å². The third kappa shape index (κ3) is 5.70. The van der Waals surface area contributed by atoms with Gasteiger partial charge in [-0.05, 0) is 85.5 Å². The molecule has 2 saturated heterocycles. The van der Waals surface area contributed by atoms with Crippen molar-refractivity contribution in [3.05, 3.63) is 106 Å². The molecule has 1 saturated carbocycles. The van der Waals surface area contributed by atoms with Crippen LogP contribution in [0.1, 0.15) is 42.4 Å². The summed E-state index contributed by atoms with van der Waals surface area (Å²) in [6, 6.07) is 19.3. The van der Waals surface area contributed by atoms with Gasteiger partial charge in [0.05, 0.1) is 34.6 Å². The van der Waals surface area contributed by atoms with Gasteiger partial charge in [0.25, 0.3) is 0 Å². The Labute approximate surface area is 333 Å². The minimum Gasteiger partial charge on any atom is -0.508 e. The Hall–Kier alpha value is -5.47. The standard InChI is InChI=1S/C42H34ClF3N4O6S/c1-20-26-15-22(43)9-14-32(26)57-36(20)30-18-33(48(3)47-30)50-38(53)29-17-27-24(11-12-25-34(27)39(54)49(37(25)52)19-21-7-5-4-6-8-21)35(41(29,2)40(50)55)28-16-23(10-13-31(28)51)56-42(44,45)46/h4-11,13-16,18,25,27,29,34-35,51H,12,17,19H2,1-3H3. The van der Waals surface area contributed by atoms with Crippen LogP contribution >= 0.6 is 22.9 Å². The van der Waals surface area contributed by atoms with Gasteiger partial charge < -0.3 is 9.84 Å². The minimum absolute atomic E-state index is 0.0136. The Balaban J connectivity index is 1.16. The van der Waals surface area contributed by atoms with E-state index in [9.17, 15) is 32.7 Å². The first-order valence-electron chi connectivity index (χ1n) is 18.4. The Morgan fingerprint density at radius 2 is 1.74 bits per heavy atom. The van der Waals surface area contributed by atoms with E-state index >= 15 is 4.79 Å². The van der Waals surface area contributed by atoms with Crippen LogP contribution in [0.3, 0.4) is 0 Å². The number of allylic oxidation sites excluding steroid dienone is 2. The number of aryl methyl sites for hydroxylation is 2. The van der Waals surface area contributed by atoms with Crippen molar-refractivity contribution in [3.8, 4) is 22.1 Å². The van der Waals surface area contributed by atoms with E-state index in [0.29, 0.717) is 16.3 Å². The Morgan fingerprint density at radius 3 is 2.47 bits per heavy atom. The van der Waals surface area contributed by atoms with E-state index < -0.39 is 70.6 Å². The first-order chi connectivity index (χ1) is 27.1. The van der Waals surface area contributed by atoms with Gasteiger partial charge in [-0.2, -0.15) is 5.10 Å². The number of alkyl halides is 3. The van der Waals surface area contributed by atoms with E-state index in [1.54, 1.807) is 32.2 Å². The zero-order valence-electron chi connectivity index (χ0n) is 30.7. The second kappa shape index (κ2) is 13.0. The van der Waals surface area contributed by atoms with Crippen LogP contribution in [0.2, 0.25) is 5.02 Å². The number of anilines is 1. The van der Waals surface area contributed by atoms with E-state index in [-0.39, 0.29) is 36.7 Å². The first-order valence-corrected chi connectivity index (χ1v) is 19.6. The summed E-state index contributed by atoms with van der Waals surface area (Å²) in [5.74, 6) is -7.51. The third-order valence-electron chi connectivity index (χ3n) is 12.3. The average Bonchev–Trinajstić information content (AvgIpc) is 3.83. The summed E-state index contributed by atoms with van der Waals surface area (Å²) in [6.07, 6.45) is -3.15. The molecule has 6 unspecified atom stereocenters. The van der Waals surface area contributed by atoms with Gasteiger partial charge in [0, 0.05) is 34.3 Å². The molecule has 2 aliphatic heterocycles. The number of thiophene rings is 1. The van der Waals surface area contributed by atoms with Gasteiger partial charge in [-0.1, -0.05) is 53.6 Å². The summed E-state index contributed by atoms with van der Waals surface area (Å²) >= 11 is 7.77. The average molecular weight is 815 g/mol. The van der Waals surface area contributed by atoms with Crippen LogP contribution in [0, 0.1) is 36.0 Å². The van der Waals surface area contributed by atoms with Crippen molar-refractivity contribution < 1.29 is 42.2 Å². The summed E-state index contributed by atoms with van der Waals surface area (Å²) in [7, 11) is 1.61. The van der Waals surface area contributed by atoms with E-state index in [1.807, 2.05) is 49.4 Å². The number of phenols is 1. The number of halogens is 4. The molecule has 4 aliphatic rings. The molecule has 2 aromatic heterocycles. The zero-order valence-corrected chi connectivity index (χ0v) is 32.3. The number of hydrogen-bond donors (Lipinski definition) is 1. The number of likely N-dealkylation sites (tertiary alicyclic amines) is 1. The van der Waals surface area contributed by atoms with Gasteiger partial charge in [-0.3, -0.25) is 28.8 Å².